The van der Waals surface area contributed by atoms with Crippen LogP contribution in [0, 0.1) is 13.8 Å². The van der Waals surface area contributed by atoms with Crippen LogP contribution in [-0.4, -0.2) is 69.9 Å². The molecule has 5 rings (SSSR count). The normalized spacial score (nSPS) is 20.0. The molecule has 194 valence electrons. The number of piperazine rings is 1. The summed E-state index contributed by atoms with van der Waals surface area (Å²) in [5, 5.41) is 4.65. The lowest BCUT2D eigenvalue weighted by Gasteiger charge is -2.38. The van der Waals surface area contributed by atoms with E-state index in [-0.39, 0.29) is 6.41 Å². The highest BCUT2D eigenvalue weighted by atomic mass is 32.2. The smallest absolute Gasteiger partial charge is 0.204 e. The van der Waals surface area contributed by atoms with Gasteiger partial charge in [0.2, 0.25) is 6.41 Å². The van der Waals surface area contributed by atoms with Crippen LogP contribution in [0.25, 0.3) is 11.0 Å². The first-order chi connectivity index (χ1) is 17.2. The second kappa shape index (κ2) is 10.5. The molecule has 1 aromatic carbocycles. The van der Waals surface area contributed by atoms with Gasteiger partial charge < -0.3 is 25.4 Å². The summed E-state index contributed by atoms with van der Waals surface area (Å²) in [5.41, 5.74) is 9.01. The standard InChI is InChI=1S/C25H33N5O2S.CH3NO/c1-17-18(2)30(21-15-19(16-21)26-3)25-23(17)9-10-24(27-25)29-13-11-28(12-14-29)20-5-7-22(8-6-20)33(4,31)32;2-1-3/h5-10,19,21,26H,11-16H2,1-4H3;1H,(H2,2,3). The molecule has 1 saturated carbocycles. The minimum Gasteiger partial charge on any atom is -0.372 e. The Balaban J connectivity index is 0.000000967. The first kappa shape index (κ1) is 26.0. The second-order valence-electron chi connectivity index (χ2n) is 9.61. The zero-order valence-electron chi connectivity index (χ0n) is 21.4. The van der Waals surface area contributed by atoms with E-state index in [2.05, 4.69) is 51.4 Å². The lowest BCUT2D eigenvalue weighted by atomic mass is 9.86. The number of hydrogen-bond acceptors (Lipinski definition) is 7. The molecule has 3 heterocycles. The van der Waals surface area contributed by atoms with E-state index < -0.39 is 9.84 Å². The maximum absolute atomic E-state index is 11.7. The maximum Gasteiger partial charge on any atom is 0.204 e. The average Bonchev–Trinajstić information content (AvgIpc) is 3.08. The minimum absolute atomic E-state index is 0.250. The molecule has 2 fully saturated rings. The third-order valence-electron chi connectivity index (χ3n) is 7.52. The molecule has 1 aliphatic carbocycles. The highest BCUT2D eigenvalue weighted by molar-refractivity contribution is 7.90. The Morgan fingerprint density at radius 2 is 1.58 bits per heavy atom. The van der Waals surface area contributed by atoms with Crippen molar-refractivity contribution in [2.24, 2.45) is 5.73 Å². The number of benzene rings is 1. The summed E-state index contributed by atoms with van der Waals surface area (Å²) in [6, 6.07) is 12.7. The number of aromatic nitrogens is 2. The average molecular weight is 513 g/mol. The van der Waals surface area contributed by atoms with Gasteiger partial charge >= 0.3 is 0 Å². The van der Waals surface area contributed by atoms with E-state index in [1.807, 2.05) is 19.2 Å². The molecule has 2 aliphatic rings. The number of rotatable bonds is 5. The molecule has 0 atom stereocenters. The summed E-state index contributed by atoms with van der Waals surface area (Å²) in [7, 11) is -1.12. The van der Waals surface area contributed by atoms with Crippen molar-refractivity contribution in [2.45, 2.75) is 43.7 Å². The van der Waals surface area contributed by atoms with Gasteiger partial charge in [0.05, 0.1) is 4.90 Å². The highest BCUT2D eigenvalue weighted by Gasteiger charge is 2.32. The molecule has 1 saturated heterocycles. The molecule has 3 N–H and O–H groups in total. The van der Waals surface area contributed by atoms with Crippen LogP contribution in [0.2, 0.25) is 0 Å². The Kier molecular flexibility index (Phi) is 7.56. The monoisotopic (exact) mass is 512 g/mol. The van der Waals surface area contributed by atoms with E-state index >= 15 is 0 Å². The molecule has 0 bridgehead atoms. The van der Waals surface area contributed by atoms with Crippen LogP contribution in [0.3, 0.4) is 0 Å². The molecule has 1 aliphatic heterocycles. The number of amides is 1. The summed E-state index contributed by atoms with van der Waals surface area (Å²) in [5.74, 6) is 1.04. The predicted octanol–water partition coefficient (Wildman–Crippen LogP) is 2.41. The van der Waals surface area contributed by atoms with Gasteiger partial charge in [-0.25, -0.2) is 13.4 Å². The Bertz CT molecular complexity index is 1320. The van der Waals surface area contributed by atoms with E-state index in [9.17, 15) is 8.42 Å². The van der Waals surface area contributed by atoms with Crippen LogP contribution in [0.5, 0.6) is 0 Å². The molecule has 1 amide bonds. The van der Waals surface area contributed by atoms with Crippen LogP contribution in [0.15, 0.2) is 41.3 Å². The van der Waals surface area contributed by atoms with E-state index in [0.29, 0.717) is 17.0 Å². The topological polar surface area (TPSA) is 114 Å². The molecule has 3 aromatic rings. The van der Waals surface area contributed by atoms with Crippen molar-refractivity contribution in [3.05, 3.63) is 47.7 Å². The van der Waals surface area contributed by atoms with Crippen LogP contribution in [0.4, 0.5) is 11.5 Å². The van der Waals surface area contributed by atoms with Crippen LogP contribution in [0.1, 0.15) is 30.1 Å². The number of hydrogen-bond donors (Lipinski definition) is 2. The number of aryl methyl sites for hydroxylation is 1. The van der Waals surface area contributed by atoms with Crippen molar-refractivity contribution in [1.29, 1.82) is 0 Å². The van der Waals surface area contributed by atoms with Gasteiger partial charge in [0, 0.05) is 61.3 Å². The fourth-order valence-corrected chi connectivity index (χ4v) is 5.83. The van der Waals surface area contributed by atoms with Gasteiger partial charge in [-0.2, -0.15) is 0 Å². The van der Waals surface area contributed by atoms with Gasteiger partial charge in [0.1, 0.15) is 11.5 Å². The number of anilines is 2. The van der Waals surface area contributed by atoms with Crippen molar-refractivity contribution in [3.63, 3.8) is 0 Å². The highest BCUT2D eigenvalue weighted by Crippen LogP contribution is 2.38. The van der Waals surface area contributed by atoms with E-state index in [1.54, 1.807) is 12.1 Å². The van der Waals surface area contributed by atoms with Gasteiger partial charge in [-0.3, -0.25) is 4.79 Å². The molecular formula is C26H36N6O3S. The summed E-state index contributed by atoms with van der Waals surface area (Å²) in [6.07, 6.45) is 3.81. The third-order valence-corrected chi connectivity index (χ3v) is 8.65. The van der Waals surface area contributed by atoms with E-state index in [1.165, 1.54) is 22.9 Å². The van der Waals surface area contributed by atoms with Gasteiger partial charge in [-0.15, -0.1) is 0 Å². The van der Waals surface area contributed by atoms with Crippen LogP contribution < -0.4 is 20.9 Å². The zero-order chi connectivity index (χ0) is 26.0. The number of carbonyl (C=O) groups is 1. The number of sulfone groups is 1. The lowest BCUT2D eigenvalue weighted by Crippen LogP contribution is -2.46. The van der Waals surface area contributed by atoms with E-state index in [4.69, 9.17) is 9.78 Å². The molecule has 36 heavy (non-hydrogen) atoms. The van der Waals surface area contributed by atoms with Crippen molar-refractivity contribution in [3.8, 4) is 0 Å². The summed E-state index contributed by atoms with van der Waals surface area (Å²) < 4.78 is 25.9. The Morgan fingerprint density at radius 1 is 1.00 bits per heavy atom. The van der Waals surface area contributed by atoms with E-state index in [0.717, 1.165) is 56.2 Å². The second-order valence-corrected chi connectivity index (χ2v) is 11.6. The number of primary amides is 1. The Morgan fingerprint density at radius 3 is 2.14 bits per heavy atom. The van der Waals surface area contributed by atoms with Gasteiger partial charge in [0.25, 0.3) is 0 Å². The van der Waals surface area contributed by atoms with Crippen molar-refractivity contribution in [1.82, 2.24) is 14.9 Å². The number of nitrogens with two attached hydrogens (primary N) is 1. The fourth-order valence-electron chi connectivity index (χ4n) is 5.20. The van der Waals surface area contributed by atoms with Gasteiger partial charge in [0.15, 0.2) is 9.84 Å². The Hall–Kier alpha value is -3.11. The number of carbonyl (C=O) groups excluding carboxylic acids is 1. The van der Waals surface area contributed by atoms with Gasteiger partial charge in [-0.05, 0) is 75.7 Å². The number of nitrogens with zero attached hydrogens (tertiary/aromatic N) is 4. The maximum atomic E-state index is 11.7. The first-order valence-electron chi connectivity index (χ1n) is 12.3. The number of pyridine rings is 1. The molecular weight excluding hydrogens is 476 g/mol. The minimum atomic E-state index is -3.17. The fraction of sp³-hybridized carbons (Fsp3) is 0.462. The number of nitrogens with one attached hydrogen (secondary N) is 1. The Labute approximate surface area is 213 Å². The summed E-state index contributed by atoms with van der Waals surface area (Å²) in [4.78, 5) is 18.8. The summed E-state index contributed by atoms with van der Waals surface area (Å²) in [6.45, 7) is 7.95. The first-order valence-corrected chi connectivity index (χ1v) is 14.2. The quantitative estimate of drug-likeness (QED) is 0.505. The molecule has 0 radical (unpaired) electrons. The molecule has 10 heteroatoms. The van der Waals surface area contributed by atoms with Crippen molar-refractivity contribution in [2.75, 3.05) is 49.3 Å². The largest absolute Gasteiger partial charge is 0.372 e. The van der Waals surface area contributed by atoms with Crippen LogP contribution >= 0.6 is 0 Å². The molecule has 0 unspecified atom stereocenters. The molecule has 2 aromatic heterocycles. The SMILES string of the molecule is CNC1CC(n2c(C)c(C)c3ccc(N4CCN(c5ccc(S(C)(=O)=O)cc5)CC4)nc32)C1.NC=O. The molecule has 9 nitrogen and oxygen atoms in total. The van der Waals surface area contributed by atoms with Gasteiger partial charge in [-0.1, -0.05) is 0 Å². The number of fused-ring (bicyclic) bond motifs is 1. The van der Waals surface area contributed by atoms with Crippen molar-refractivity contribution >= 4 is 38.8 Å². The van der Waals surface area contributed by atoms with Crippen molar-refractivity contribution < 1.29 is 13.2 Å². The zero-order valence-corrected chi connectivity index (χ0v) is 22.3. The predicted molar refractivity (Wildman–Crippen MR) is 145 cm³/mol. The lowest BCUT2D eigenvalue weighted by molar-refractivity contribution is -0.106. The molecule has 0 spiro atoms. The van der Waals surface area contributed by atoms with Crippen LogP contribution in [-0.2, 0) is 14.6 Å². The third kappa shape index (κ3) is 5.05. The summed E-state index contributed by atoms with van der Waals surface area (Å²) >= 11 is 0.